The smallest absolute Gasteiger partial charge is 0.292 e. The minimum absolute atomic E-state index is 0.122. The molecule has 1 aromatic heterocycles. The molecule has 9 nitrogen and oxygen atoms in total. The summed E-state index contributed by atoms with van der Waals surface area (Å²) in [4.78, 5) is 13.7. The highest BCUT2D eigenvalue weighted by Crippen LogP contribution is 2.40. The number of nitrogens with zero attached hydrogens (tertiary/aromatic N) is 6. The van der Waals surface area contributed by atoms with E-state index >= 15 is 0 Å². The summed E-state index contributed by atoms with van der Waals surface area (Å²) in [5.41, 5.74) is 5.69. The van der Waals surface area contributed by atoms with Crippen LogP contribution in [0.2, 0.25) is 0 Å². The van der Waals surface area contributed by atoms with Crippen molar-refractivity contribution in [1.82, 2.24) is 20.2 Å². The quantitative estimate of drug-likeness (QED) is 0.507. The second kappa shape index (κ2) is 7.50. The number of benzene rings is 2. The van der Waals surface area contributed by atoms with Gasteiger partial charge in [0, 0.05) is 24.9 Å². The molecule has 1 fully saturated rings. The van der Waals surface area contributed by atoms with E-state index < -0.39 is 0 Å². The number of hydrogen-bond acceptors (Lipinski definition) is 7. The first-order valence-electron chi connectivity index (χ1n) is 10.4. The van der Waals surface area contributed by atoms with Crippen LogP contribution in [-0.4, -0.2) is 38.2 Å². The molecule has 31 heavy (non-hydrogen) atoms. The lowest BCUT2D eigenvalue weighted by atomic mass is 9.93. The molecule has 1 N–H and O–H groups in total. The fourth-order valence-corrected chi connectivity index (χ4v) is 4.47. The third-order valence-corrected chi connectivity index (χ3v) is 6.08. The van der Waals surface area contributed by atoms with Crippen LogP contribution in [0.3, 0.4) is 0 Å². The third kappa shape index (κ3) is 3.31. The van der Waals surface area contributed by atoms with Crippen LogP contribution in [0.5, 0.6) is 0 Å². The summed E-state index contributed by atoms with van der Waals surface area (Å²) in [7, 11) is 0. The Hall–Kier alpha value is -3.75. The van der Waals surface area contributed by atoms with Crippen molar-refractivity contribution in [1.29, 1.82) is 0 Å². The lowest BCUT2D eigenvalue weighted by Gasteiger charge is -2.28. The Labute approximate surface area is 179 Å². The summed E-state index contributed by atoms with van der Waals surface area (Å²) >= 11 is 0. The van der Waals surface area contributed by atoms with Gasteiger partial charge in [-0.3, -0.25) is 10.1 Å². The molecule has 5 rings (SSSR count). The molecule has 1 atom stereocenters. The Kier molecular flexibility index (Phi) is 4.65. The number of aryl methyl sites for hydroxylation is 1. The van der Waals surface area contributed by atoms with Crippen LogP contribution in [0, 0.1) is 17.0 Å². The molecule has 3 aromatic rings. The van der Waals surface area contributed by atoms with Crippen molar-refractivity contribution in [2.24, 2.45) is 0 Å². The molecule has 2 aliphatic heterocycles. The van der Waals surface area contributed by atoms with E-state index in [0.717, 1.165) is 48.3 Å². The molecule has 2 aromatic carbocycles. The van der Waals surface area contributed by atoms with Crippen molar-refractivity contribution in [2.45, 2.75) is 32.7 Å². The normalized spacial score (nSPS) is 18.1. The zero-order valence-electron chi connectivity index (χ0n) is 17.4. The average Bonchev–Trinajstić information content (AvgIpc) is 3.46. The maximum atomic E-state index is 11.9. The zero-order chi connectivity index (χ0) is 21.5. The molecule has 0 amide bonds. The number of nitrogens with one attached hydrogen (secondary N) is 1. The highest BCUT2D eigenvalue weighted by Gasteiger charge is 2.32. The van der Waals surface area contributed by atoms with Gasteiger partial charge in [0.1, 0.15) is 11.7 Å². The van der Waals surface area contributed by atoms with E-state index in [0.29, 0.717) is 11.6 Å². The number of fused-ring (bicyclic) bond motifs is 1. The Balaban J connectivity index is 1.63. The van der Waals surface area contributed by atoms with E-state index in [1.807, 2.05) is 26.0 Å². The van der Waals surface area contributed by atoms with E-state index in [1.54, 1.807) is 10.7 Å². The van der Waals surface area contributed by atoms with Crippen LogP contribution in [-0.2, 0) is 0 Å². The average molecular weight is 417 g/mol. The topological polar surface area (TPSA) is 102 Å². The molecule has 3 heterocycles. The molecule has 0 aliphatic carbocycles. The van der Waals surface area contributed by atoms with Crippen LogP contribution in [0.25, 0.3) is 5.70 Å². The van der Waals surface area contributed by atoms with E-state index in [4.69, 9.17) is 0 Å². The summed E-state index contributed by atoms with van der Waals surface area (Å²) in [6, 6.07) is 13.4. The molecule has 0 radical (unpaired) electrons. The van der Waals surface area contributed by atoms with Crippen molar-refractivity contribution in [3.8, 4) is 0 Å². The highest BCUT2D eigenvalue weighted by molar-refractivity contribution is 5.80. The molecule has 2 aliphatic rings. The maximum Gasteiger partial charge on any atom is 0.292 e. The number of rotatable bonds is 4. The van der Waals surface area contributed by atoms with Crippen molar-refractivity contribution >= 4 is 23.0 Å². The van der Waals surface area contributed by atoms with Gasteiger partial charge in [0.15, 0.2) is 0 Å². The summed E-state index contributed by atoms with van der Waals surface area (Å²) in [5, 5.41) is 27.3. The fourth-order valence-electron chi connectivity index (χ4n) is 4.47. The van der Waals surface area contributed by atoms with Crippen molar-refractivity contribution in [3.05, 3.63) is 74.8 Å². The number of allylic oxidation sites excluding steroid dienone is 1. The largest absolute Gasteiger partial charge is 0.366 e. The van der Waals surface area contributed by atoms with Gasteiger partial charge in [-0.25, -0.2) is 0 Å². The van der Waals surface area contributed by atoms with Crippen LogP contribution in [0.4, 0.5) is 17.3 Å². The number of tetrazole rings is 1. The van der Waals surface area contributed by atoms with Gasteiger partial charge in [-0.1, -0.05) is 41.0 Å². The predicted molar refractivity (Wildman–Crippen MR) is 118 cm³/mol. The van der Waals surface area contributed by atoms with Gasteiger partial charge >= 0.3 is 0 Å². The van der Waals surface area contributed by atoms with Crippen molar-refractivity contribution in [2.75, 3.05) is 23.3 Å². The van der Waals surface area contributed by atoms with Crippen LogP contribution in [0.15, 0.2) is 48.0 Å². The zero-order valence-corrected chi connectivity index (χ0v) is 17.4. The number of nitro groups is 1. The lowest BCUT2D eigenvalue weighted by Crippen LogP contribution is -2.24. The standard InChI is InChI=1S/C22H23N7O2/c1-14-5-7-16(8-6-14)20-15(2)21(28-22(23-20)24-25-26-28)17-9-10-18(19(13-17)29(30)31)27-11-3-4-12-27/h5-10,13,21H,3-4,11-12H2,1-2H3,(H,23,24,26). The Morgan fingerprint density at radius 1 is 1.10 bits per heavy atom. The van der Waals surface area contributed by atoms with Crippen molar-refractivity contribution in [3.63, 3.8) is 0 Å². The first-order valence-corrected chi connectivity index (χ1v) is 10.4. The first kappa shape index (κ1) is 19.2. The van der Waals surface area contributed by atoms with Gasteiger partial charge in [0.05, 0.1) is 4.92 Å². The monoisotopic (exact) mass is 417 g/mol. The number of hydrogen-bond donors (Lipinski definition) is 1. The second-order valence-electron chi connectivity index (χ2n) is 8.10. The number of anilines is 2. The Bertz CT molecular complexity index is 1180. The third-order valence-electron chi connectivity index (χ3n) is 6.08. The van der Waals surface area contributed by atoms with Gasteiger partial charge < -0.3 is 10.2 Å². The molecule has 1 saturated heterocycles. The molecular weight excluding hydrogens is 394 g/mol. The molecular formula is C22H23N7O2. The molecule has 1 unspecified atom stereocenters. The molecule has 158 valence electrons. The summed E-state index contributed by atoms with van der Waals surface area (Å²) in [6.45, 7) is 5.75. The van der Waals surface area contributed by atoms with E-state index in [9.17, 15) is 10.1 Å². The Morgan fingerprint density at radius 3 is 2.55 bits per heavy atom. The molecule has 9 heteroatoms. The van der Waals surface area contributed by atoms with Gasteiger partial charge in [0.25, 0.3) is 5.69 Å². The Morgan fingerprint density at radius 2 is 1.84 bits per heavy atom. The fraction of sp³-hybridized carbons (Fsp3) is 0.318. The predicted octanol–water partition coefficient (Wildman–Crippen LogP) is 3.94. The lowest BCUT2D eigenvalue weighted by molar-refractivity contribution is -0.384. The molecule has 0 saturated carbocycles. The van der Waals surface area contributed by atoms with Gasteiger partial charge in [-0.2, -0.15) is 4.68 Å². The van der Waals surface area contributed by atoms with E-state index in [1.165, 1.54) is 5.56 Å². The van der Waals surface area contributed by atoms with Crippen LogP contribution < -0.4 is 10.2 Å². The minimum atomic E-state index is -0.339. The van der Waals surface area contributed by atoms with Crippen LogP contribution >= 0.6 is 0 Å². The van der Waals surface area contributed by atoms with Gasteiger partial charge in [0.2, 0.25) is 5.95 Å². The van der Waals surface area contributed by atoms with Crippen LogP contribution in [0.1, 0.15) is 42.5 Å². The van der Waals surface area contributed by atoms with Crippen molar-refractivity contribution < 1.29 is 4.92 Å². The highest BCUT2D eigenvalue weighted by atomic mass is 16.6. The molecule has 0 spiro atoms. The minimum Gasteiger partial charge on any atom is -0.366 e. The number of nitro benzene ring substituents is 1. The molecule has 0 bridgehead atoms. The summed E-state index contributed by atoms with van der Waals surface area (Å²) < 4.78 is 1.68. The van der Waals surface area contributed by atoms with E-state index in [2.05, 4.69) is 50.0 Å². The van der Waals surface area contributed by atoms with Gasteiger partial charge in [-0.05, 0) is 59.9 Å². The first-order chi connectivity index (χ1) is 15.0. The summed E-state index contributed by atoms with van der Waals surface area (Å²) in [5.74, 6) is 0.512. The number of aromatic nitrogens is 4. The SMILES string of the molecule is CC1=C(c2ccc(C)cc2)Nc2nnnn2C1c1ccc(N2CCCC2)c([N+](=O)[O-])c1. The summed E-state index contributed by atoms with van der Waals surface area (Å²) in [6.07, 6.45) is 2.12. The van der Waals surface area contributed by atoms with E-state index in [-0.39, 0.29) is 16.7 Å². The van der Waals surface area contributed by atoms with Gasteiger partial charge in [-0.15, -0.1) is 0 Å². The second-order valence-corrected chi connectivity index (χ2v) is 8.10. The maximum absolute atomic E-state index is 11.9.